The van der Waals surface area contributed by atoms with Crippen molar-refractivity contribution < 1.29 is 9.84 Å². The Hall–Kier alpha value is -2.36. The zero-order chi connectivity index (χ0) is 14.4. The van der Waals surface area contributed by atoms with Crippen LogP contribution in [0, 0.1) is 0 Å². The number of aromatic hydroxyl groups is 1. The van der Waals surface area contributed by atoms with Crippen LogP contribution in [0.3, 0.4) is 0 Å². The number of phenols is 1. The molecule has 4 heteroatoms. The lowest BCUT2D eigenvalue weighted by Gasteiger charge is -2.19. The third-order valence-corrected chi connectivity index (χ3v) is 3.10. The molecule has 0 aliphatic carbocycles. The predicted octanol–water partition coefficient (Wildman–Crippen LogP) is 2.88. The molecule has 20 heavy (non-hydrogen) atoms. The normalized spacial score (nSPS) is 10.2. The number of phenolic OH excluding ortho intramolecular Hbond substituents is 1. The topological polar surface area (TPSA) is 58.7 Å². The van der Waals surface area contributed by atoms with Crippen LogP contribution in [0.15, 0.2) is 48.5 Å². The van der Waals surface area contributed by atoms with Gasteiger partial charge in [0.15, 0.2) is 0 Å². The Bertz CT molecular complexity index is 540. The molecule has 0 unspecified atom stereocenters. The van der Waals surface area contributed by atoms with Gasteiger partial charge in [-0.1, -0.05) is 12.1 Å². The van der Waals surface area contributed by atoms with E-state index in [0.717, 1.165) is 24.4 Å². The minimum atomic E-state index is 0.282. The lowest BCUT2D eigenvalue weighted by atomic mass is 10.2. The number of nitrogens with two attached hydrogens (primary N) is 1. The molecule has 0 aliphatic heterocycles. The van der Waals surface area contributed by atoms with Gasteiger partial charge in [-0.25, -0.2) is 0 Å². The maximum atomic E-state index is 9.25. The molecular weight excluding hydrogens is 252 g/mol. The first-order valence-corrected chi connectivity index (χ1v) is 6.64. The summed E-state index contributed by atoms with van der Waals surface area (Å²) < 4.78 is 5.65. The highest BCUT2D eigenvalue weighted by Crippen LogP contribution is 2.20. The molecule has 2 aromatic rings. The molecule has 0 saturated heterocycles. The molecule has 0 amide bonds. The van der Waals surface area contributed by atoms with Crippen LogP contribution < -0.4 is 15.4 Å². The first kappa shape index (κ1) is 14.1. The Morgan fingerprint density at radius 1 is 1.10 bits per heavy atom. The van der Waals surface area contributed by atoms with Crippen LogP contribution in [0.5, 0.6) is 11.5 Å². The number of para-hydroxylation sites is 2. The lowest BCUT2D eigenvalue weighted by molar-refractivity contribution is 0.314. The van der Waals surface area contributed by atoms with E-state index in [-0.39, 0.29) is 5.75 Å². The minimum Gasteiger partial charge on any atom is -0.508 e. The van der Waals surface area contributed by atoms with Gasteiger partial charge in [-0.15, -0.1) is 0 Å². The quantitative estimate of drug-likeness (QED) is 0.627. The second-order valence-electron chi connectivity index (χ2n) is 4.68. The van der Waals surface area contributed by atoms with E-state index >= 15 is 0 Å². The van der Waals surface area contributed by atoms with Crippen molar-refractivity contribution in [3.8, 4) is 11.5 Å². The molecule has 0 heterocycles. The van der Waals surface area contributed by atoms with E-state index in [1.165, 1.54) is 0 Å². The molecule has 0 bridgehead atoms. The Morgan fingerprint density at radius 2 is 1.80 bits per heavy atom. The van der Waals surface area contributed by atoms with Gasteiger partial charge in [0.25, 0.3) is 0 Å². The zero-order valence-corrected chi connectivity index (χ0v) is 11.6. The second-order valence-corrected chi connectivity index (χ2v) is 4.68. The molecule has 0 fully saturated rings. The van der Waals surface area contributed by atoms with E-state index < -0.39 is 0 Å². The number of hydrogen-bond donors (Lipinski definition) is 2. The average molecular weight is 272 g/mol. The van der Waals surface area contributed by atoms with E-state index in [0.29, 0.717) is 12.3 Å². The summed E-state index contributed by atoms with van der Waals surface area (Å²) in [7, 11) is 2.02. The number of rotatable bonds is 6. The molecule has 106 valence electrons. The molecule has 2 aromatic carbocycles. The molecule has 0 radical (unpaired) electrons. The first-order valence-electron chi connectivity index (χ1n) is 6.64. The Kier molecular flexibility index (Phi) is 4.71. The van der Waals surface area contributed by atoms with Gasteiger partial charge in [0, 0.05) is 19.3 Å². The Labute approximate surface area is 119 Å². The van der Waals surface area contributed by atoms with Gasteiger partial charge in [0.2, 0.25) is 0 Å². The number of benzene rings is 2. The monoisotopic (exact) mass is 272 g/mol. The van der Waals surface area contributed by atoms with Crippen molar-refractivity contribution >= 4 is 11.4 Å². The average Bonchev–Trinajstić information content (AvgIpc) is 2.46. The third-order valence-electron chi connectivity index (χ3n) is 3.10. The second kappa shape index (κ2) is 6.70. The molecule has 2 rings (SSSR count). The molecule has 3 N–H and O–H groups in total. The molecule has 0 saturated carbocycles. The molecule has 0 aromatic heterocycles. The van der Waals surface area contributed by atoms with Crippen LogP contribution in [0.2, 0.25) is 0 Å². The molecule has 0 atom stereocenters. The Balaban J connectivity index is 1.76. The standard InChI is InChI=1S/C16H20N2O2/c1-18(13-7-9-14(19)10-8-13)11-4-12-20-16-6-3-2-5-15(16)17/h2-3,5-10,19H,4,11-12,17H2,1H3. The first-order chi connectivity index (χ1) is 9.66. The van der Waals surface area contributed by atoms with Crippen molar-refractivity contribution in [1.82, 2.24) is 0 Å². The van der Waals surface area contributed by atoms with Crippen molar-refractivity contribution in [3.05, 3.63) is 48.5 Å². The van der Waals surface area contributed by atoms with Crippen LogP contribution in [0.25, 0.3) is 0 Å². The van der Waals surface area contributed by atoms with Crippen LogP contribution in [0.4, 0.5) is 11.4 Å². The fraction of sp³-hybridized carbons (Fsp3) is 0.250. The van der Waals surface area contributed by atoms with Crippen molar-refractivity contribution in [3.63, 3.8) is 0 Å². The summed E-state index contributed by atoms with van der Waals surface area (Å²) in [5.41, 5.74) is 7.55. The van der Waals surface area contributed by atoms with E-state index in [4.69, 9.17) is 10.5 Å². The maximum absolute atomic E-state index is 9.25. The van der Waals surface area contributed by atoms with Crippen molar-refractivity contribution in [2.75, 3.05) is 30.8 Å². The van der Waals surface area contributed by atoms with Gasteiger partial charge in [0.05, 0.1) is 12.3 Å². The predicted molar refractivity (Wildman–Crippen MR) is 82.3 cm³/mol. The SMILES string of the molecule is CN(CCCOc1ccccc1N)c1ccc(O)cc1. The van der Waals surface area contributed by atoms with Gasteiger partial charge < -0.3 is 20.5 Å². The van der Waals surface area contributed by atoms with Gasteiger partial charge >= 0.3 is 0 Å². The van der Waals surface area contributed by atoms with E-state index in [1.807, 2.05) is 43.4 Å². The van der Waals surface area contributed by atoms with Crippen molar-refractivity contribution in [1.29, 1.82) is 0 Å². The van der Waals surface area contributed by atoms with Crippen LogP contribution in [-0.2, 0) is 0 Å². The number of nitrogens with zero attached hydrogens (tertiary/aromatic N) is 1. The summed E-state index contributed by atoms with van der Waals surface area (Å²) >= 11 is 0. The van der Waals surface area contributed by atoms with E-state index in [9.17, 15) is 5.11 Å². The summed E-state index contributed by atoms with van der Waals surface area (Å²) in [5.74, 6) is 1.02. The van der Waals surface area contributed by atoms with Gasteiger partial charge in [-0.3, -0.25) is 0 Å². The highest BCUT2D eigenvalue weighted by molar-refractivity contribution is 5.51. The molecule has 0 spiro atoms. The zero-order valence-electron chi connectivity index (χ0n) is 11.6. The fourth-order valence-corrected chi connectivity index (χ4v) is 1.93. The number of anilines is 2. The molecule has 4 nitrogen and oxygen atoms in total. The van der Waals surface area contributed by atoms with E-state index in [2.05, 4.69) is 4.90 Å². The largest absolute Gasteiger partial charge is 0.508 e. The Morgan fingerprint density at radius 3 is 2.50 bits per heavy atom. The van der Waals surface area contributed by atoms with Gasteiger partial charge in [0.1, 0.15) is 11.5 Å². The van der Waals surface area contributed by atoms with Gasteiger partial charge in [-0.05, 0) is 42.8 Å². The smallest absolute Gasteiger partial charge is 0.142 e. The summed E-state index contributed by atoms with van der Waals surface area (Å²) in [6.45, 7) is 1.49. The molecule has 0 aliphatic rings. The third kappa shape index (κ3) is 3.82. The van der Waals surface area contributed by atoms with E-state index in [1.54, 1.807) is 12.1 Å². The maximum Gasteiger partial charge on any atom is 0.142 e. The summed E-state index contributed by atoms with van der Waals surface area (Å²) in [6, 6.07) is 14.7. The van der Waals surface area contributed by atoms with Gasteiger partial charge in [-0.2, -0.15) is 0 Å². The number of ether oxygens (including phenoxy) is 1. The molecular formula is C16H20N2O2. The summed E-state index contributed by atoms with van der Waals surface area (Å²) in [4.78, 5) is 2.12. The highest BCUT2D eigenvalue weighted by atomic mass is 16.5. The minimum absolute atomic E-state index is 0.282. The van der Waals surface area contributed by atoms with Crippen LogP contribution >= 0.6 is 0 Å². The number of hydrogen-bond acceptors (Lipinski definition) is 4. The van der Waals surface area contributed by atoms with Crippen molar-refractivity contribution in [2.45, 2.75) is 6.42 Å². The summed E-state index contributed by atoms with van der Waals surface area (Å²) in [5, 5.41) is 9.25. The van der Waals surface area contributed by atoms with Crippen LogP contribution in [0.1, 0.15) is 6.42 Å². The van der Waals surface area contributed by atoms with Crippen molar-refractivity contribution in [2.24, 2.45) is 0 Å². The summed E-state index contributed by atoms with van der Waals surface area (Å²) in [6.07, 6.45) is 0.895. The number of nitrogen functional groups attached to an aromatic ring is 1. The highest BCUT2D eigenvalue weighted by Gasteiger charge is 2.02. The fourth-order valence-electron chi connectivity index (χ4n) is 1.93. The van der Waals surface area contributed by atoms with Crippen LogP contribution in [-0.4, -0.2) is 25.3 Å². The lowest BCUT2D eigenvalue weighted by Crippen LogP contribution is -2.20.